The van der Waals surface area contributed by atoms with Crippen LogP contribution >= 0.6 is 11.3 Å². The molecule has 0 spiro atoms. The van der Waals surface area contributed by atoms with Gasteiger partial charge in [0.05, 0.1) is 0 Å². The van der Waals surface area contributed by atoms with E-state index < -0.39 is 0 Å². The zero-order valence-electron chi connectivity index (χ0n) is 8.13. The van der Waals surface area contributed by atoms with Gasteiger partial charge in [0.2, 0.25) is 5.91 Å². The van der Waals surface area contributed by atoms with Crippen LogP contribution in [0.15, 0.2) is 11.6 Å². The molecule has 0 bridgehead atoms. The summed E-state index contributed by atoms with van der Waals surface area (Å²) in [5.41, 5.74) is 0.0291. The fourth-order valence-electron chi connectivity index (χ4n) is 0.930. The number of carbonyl (C=O) groups excluding carboxylic acids is 1. The summed E-state index contributed by atoms with van der Waals surface area (Å²) in [5.74, 6) is 0.0300. The summed E-state index contributed by atoms with van der Waals surface area (Å²) in [6.07, 6.45) is 2.20. The Morgan fingerprint density at radius 2 is 2.31 bits per heavy atom. The smallest absolute Gasteiger partial charge is 0.226 e. The van der Waals surface area contributed by atoms with Crippen LogP contribution in [0.1, 0.15) is 27.2 Å². The molecule has 0 unspecified atom stereocenters. The second kappa shape index (κ2) is 3.87. The van der Waals surface area contributed by atoms with Crippen molar-refractivity contribution in [2.24, 2.45) is 5.41 Å². The monoisotopic (exact) mass is 198 g/mol. The molecule has 0 aliphatic carbocycles. The molecule has 1 heterocycles. The highest BCUT2D eigenvalue weighted by molar-refractivity contribution is 7.13. The number of hydrogen-bond acceptors (Lipinski definition) is 3. The van der Waals surface area contributed by atoms with Crippen molar-refractivity contribution in [3.8, 4) is 0 Å². The van der Waals surface area contributed by atoms with E-state index in [1.807, 2.05) is 26.2 Å². The lowest BCUT2D eigenvalue weighted by Gasteiger charge is -2.16. The van der Waals surface area contributed by atoms with Crippen molar-refractivity contribution < 1.29 is 4.79 Å². The van der Waals surface area contributed by atoms with E-state index in [0.717, 1.165) is 0 Å². The Bertz CT molecular complexity index is 274. The minimum absolute atomic E-state index is 0.0291. The van der Waals surface area contributed by atoms with Crippen LogP contribution in [0, 0.1) is 5.41 Å². The summed E-state index contributed by atoms with van der Waals surface area (Å²) in [5, 5.41) is 5.26. The van der Waals surface area contributed by atoms with Crippen LogP contribution < -0.4 is 5.32 Å². The van der Waals surface area contributed by atoms with Crippen LogP contribution in [0.25, 0.3) is 0 Å². The van der Waals surface area contributed by atoms with E-state index in [1.165, 1.54) is 11.3 Å². The van der Waals surface area contributed by atoms with Crippen LogP contribution in [-0.4, -0.2) is 10.9 Å². The van der Waals surface area contributed by atoms with Crippen molar-refractivity contribution in [2.75, 3.05) is 5.32 Å². The minimum atomic E-state index is 0.0291. The van der Waals surface area contributed by atoms with Gasteiger partial charge in [-0.1, -0.05) is 20.8 Å². The second-order valence-electron chi connectivity index (χ2n) is 4.12. The van der Waals surface area contributed by atoms with Crippen LogP contribution in [0.2, 0.25) is 0 Å². The van der Waals surface area contributed by atoms with E-state index in [2.05, 4.69) is 10.3 Å². The lowest BCUT2D eigenvalue weighted by Crippen LogP contribution is -2.19. The van der Waals surface area contributed by atoms with Gasteiger partial charge < -0.3 is 5.32 Å². The molecule has 0 radical (unpaired) electrons. The Balaban J connectivity index is 2.43. The van der Waals surface area contributed by atoms with E-state index in [9.17, 15) is 4.79 Å². The van der Waals surface area contributed by atoms with Crippen molar-refractivity contribution in [3.63, 3.8) is 0 Å². The summed E-state index contributed by atoms with van der Waals surface area (Å²) in [6.45, 7) is 6.11. The average Bonchev–Trinajstić information content (AvgIpc) is 2.34. The molecule has 3 nitrogen and oxygen atoms in total. The molecule has 1 rings (SSSR count). The molecule has 1 aromatic rings. The van der Waals surface area contributed by atoms with Gasteiger partial charge in [0.1, 0.15) is 0 Å². The third kappa shape index (κ3) is 4.03. The zero-order chi connectivity index (χ0) is 9.90. The van der Waals surface area contributed by atoms with E-state index >= 15 is 0 Å². The quantitative estimate of drug-likeness (QED) is 0.793. The van der Waals surface area contributed by atoms with Gasteiger partial charge in [-0.2, -0.15) is 0 Å². The summed E-state index contributed by atoms with van der Waals surface area (Å²) in [6, 6.07) is 0. The van der Waals surface area contributed by atoms with Crippen LogP contribution in [0.3, 0.4) is 0 Å². The number of nitrogens with one attached hydrogen (secondary N) is 1. The topological polar surface area (TPSA) is 42.0 Å². The van der Waals surface area contributed by atoms with Crippen LogP contribution in [0.5, 0.6) is 0 Å². The van der Waals surface area contributed by atoms with Crippen LogP contribution in [0.4, 0.5) is 5.13 Å². The number of nitrogens with zero attached hydrogens (tertiary/aromatic N) is 1. The van der Waals surface area contributed by atoms with E-state index in [-0.39, 0.29) is 11.3 Å². The zero-order valence-corrected chi connectivity index (χ0v) is 8.94. The lowest BCUT2D eigenvalue weighted by atomic mass is 9.92. The molecule has 1 aromatic heterocycles. The molecule has 0 aliphatic rings. The summed E-state index contributed by atoms with van der Waals surface area (Å²) in [4.78, 5) is 15.4. The molecule has 72 valence electrons. The predicted molar refractivity (Wildman–Crippen MR) is 54.8 cm³/mol. The van der Waals surface area contributed by atoms with Gasteiger partial charge in [-0.25, -0.2) is 4.98 Å². The van der Waals surface area contributed by atoms with Gasteiger partial charge in [-0.15, -0.1) is 11.3 Å². The average molecular weight is 198 g/mol. The number of carbonyl (C=O) groups is 1. The van der Waals surface area contributed by atoms with Crippen molar-refractivity contribution in [2.45, 2.75) is 27.2 Å². The molecular weight excluding hydrogens is 184 g/mol. The Kier molecular flexibility index (Phi) is 3.03. The van der Waals surface area contributed by atoms with Crippen molar-refractivity contribution >= 4 is 22.4 Å². The molecule has 0 atom stereocenters. The Morgan fingerprint density at radius 3 is 2.77 bits per heavy atom. The van der Waals surface area contributed by atoms with Gasteiger partial charge in [0, 0.05) is 18.0 Å². The van der Waals surface area contributed by atoms with E-state index in [0.29, 0.717) is 11.6 Å². The molecule has 0 aromatic carbocycles. The minimum Gasteiger partial charge on any atom is -0.302 e. The lowest BCUT2D eigenvalue weighted by molar-refractivity contribution is -0.117. The molecule has 0 saturated carbocycles. The van der Waals surface area contributed by atoms with Gasteiger partial charge in [-0.3, -0.25) is 4.79 Å². The van der Waals surface area contributed by atoms with E-state index in [1.54, 1.807) is 6.20 Å². The highest BCUT2D eigenvalue weighted by atomic mass is 32.1. The standard InChI is InChI=1S/C9H14N2OS/c1-9(2,3)6-7(12)11-8-10-4-5-13-8/h4-5H,6H2,1-3H3,(H,10,11,12). The maximum Gasteiger partial charge on any atom is 0.226 e. The first kappa shape index (κ1) is 10.2. The predicted octanol–water partition coefficient (Wildman–Crippen LogP) is 2.52. The first-order valence-corrected chi connectivity index (χ1v) is 5.05. The fraction of sp³-hybridized carbons (Fsp3) is 0.556. The van der Waals surface area contributed by atoms with Crippen molar-refractivity contribution in [1.82, 2.24) is 4.98 Å². The number of anilines is 1. The maximum absolute atomic E-state index is 11.4. The SMILES string of the molecule is CC(C)(C)CC(=O)Nc1nccs1. The first-order valence-electron chi connectivity index (χ1n) is 4.17. The molecule has 0 aliphatic heterocycles. The van der Waals surface area contributed by atoms with Gasteiger partial charge in [-0.05, 0) is 5.41 Å². The Labute approximate surface area is 82.2 Å². The number of aromatic nitrogens is 1. The second-order valence-corrected chi connectivity index (χ2v) is 5.02. The summed E-state index contributed by atoms with van der Waals surface area (Å²) >= 11 is 1.43. The highest BCUT2D eigenvalue weighted by Crippen LogP contribution is 2.20. The first-order chi connectivity index (χ1) is 5.97. The van der Waals surface area contributed by atoms with Crippen molar-refractivity contribution in [1.29, 1.82) is 0 Å². The summed E-state index contributed by atoms with van der Waals surface area (Å²) < 4.78 is 0. The number of thiazole rings is 1. The Morgan fingerprint density at radius 1 is 1.62 bits per heavy atom. The molecular formula is C9H14N2OS. The normalized spacial score (nSPS) is 11.3. The molecule has 13 heavy (non-hydrogen) atoms. The van der Waals surface area contributed by atoms with Gasteiger partial charge in [0.15, 0.2) is 5.13 Å². The molecule has 1 amide bonds. The maximum atomic E-state index is 11.4. The molecule has 0 fully saturated rings. The number of amides is 1. The summed E-state index contributed by atoms with van der Waals surface area (Å²) in [7, 11) is 0. The molecule has 0 saturated heterocycles. The highest BCUT2D eigenvalue weighted by Gasteiger charge is 2.16. The molecule has 4 heteroatoms. The number of hydrogen-bond donors (Lipinski definition) is 1. The van der Waals surface area contributed by atoms with E-state index in [4.69, 9.17) is 0 Å². The fourth-order valence-corrected chi connectivity index (χ4v) is 1.48. The number of rotatable bonds is 2. The Hall–Kier alpha value is -0.900. The largest absolute Gasteiger partial charge is 0.302 e. The van der Waals surface area contributed by atoms with Gasteiger partial charge >= 0.3 is 0 Å². The third-order valence-electron chi connectivity index (χ3n) is 1.37. The van der Waals surface area contributed by atoms with Gasteiger partial charge in [0.25, 0.3) is 0 Å². The molecule has 1 N–H and O–H groups in total. The van der Waals surface area contributed by atoms with Crippen LogP contribution in [-0.2, 0) is 4.79 Å². The third-order valence-corrected chi connectivity index (χ3v) is 2.06. The van der Waals surface area contributed by atoms with Crippen molar-refractivity contribution in [3.05, 3.63) is 11.6 Å².